The highest BCUT2D eigenvalue weighted by atomic mass is 35.5. The van der Waals surface area contributed by atoms with Crippen LogP contribution in [0.3, 0.4) is 0 Å². The summed E-state index contributed by atoms with van der Waals surface area (Å²) in [6.45, 7) is 8.07. The molecule has 37 heavy (non-hydrogen) atoms. The Morgan fingerprint density at radius 2 is 1.65 bits per heavy atom. The summed E-state index contributed by atoms with van der Waals surface area (Å²) in [5.41, 5.74) is 5.52. The van der Waals surface area contributed by atoms with Crippen LogP contribution in [0.2, 0.25) is 10.0 Å². The van der Waals surface area contributed by atoms with E-state index in [2.05, 4.69) is 46.4 Å². The first kappa shape index (κ1) is 24.9. The molecule has 0 saturated heterocycles. The number of amides is 1. The zero-order valence-corrected chi connectivity index (χ0v) is 22.1. The lowest BCUT2D eigenvalue weighted by Crippen LogP contribution is -2.21. The summed E-state index contributed by atoms with van der Waals surface area (Å²) in [5.74, 6) is 0.230. The van der Waals surface area contributed by atoms with Crippen molar-refractivity contribution in [3.63, 3.8) is 0 Å². The van der Waals surface area contributed by atoms with Crippen LogP contribution >= 0.6 is 23.2 Å². The third-order valence-electron chi connectivity index (χ3n) is 6.21. The largest absolute Gasteiger partial charge is 0.451 e. The van der Waals surface area contributed by atoms with Crippen LogP contribution in [0.5, 0.6) is 0 Å². The predicted molar refractivity (Wildman–Crippen MR) is 149 cm³/mol. The van der Waals surface area contributed by atoms with E-state index < -0.39 is 0 Å². The topological polar surface area (TPSA) is 76.2 Å². The fourth-order valence-electron chi connectivity index (χ4n) is 4.18. The molecular formula is C28H25Cl2N5O2. The number of nitrogens with zero attached hydrogens (tertiary/aromatic N) is 4. The maximum atomic E-state index is 13.0. The molecular weight excluding hydrogens is 509 g/mol. The van der Waals surface area contributed by atoms with Gasteiger partial charge in [0.15, 0.2) is 5.76 Å². The number of aryl methyl sites for hydroxylation is 1. The molecule has 0 aliphatic rings. The fraction of sp³-hybridized carbons (Fsp3) is 0.179. The highest BCUT2D eigenvalue weighted by molar-refractivity contribution is 6.35. The molecule has 5 rings (SSSR count). The number of hydrogen-bond donors (Lipinski definition) is 1. The minimum absolute atomic E-state index is 0.155. The van der Waals surface area contributed by atoms with Crippen molar-refractivity contribution in [2.45, 2.75) is 20.8 Å². The van der Waals surface area contributed by atoms with Gasteiger partial charge in [-0.25, -0.2) is 0 Å². The van der Waals surface area contributed by atoms with E-state index in [1.54, 1.807) is 35.1 Å². The number of benzene rings is 3. The van der Waals surface area contributed by atoms with Crippen LogP contribution in [-0.2, 0) is 0 Å². The molecule has 0 atom stereocenters. The third-order valence-corrected chi connectivity index (χ3v) is 6.77. The molecule has 0 fully saturated rings. The molecule has 2 heterocycles. The molecule has 7 nitrogen and oxygen atoms in total. The van der Waals surface area contributed by atoms with Crippen molar-refractivity contribution in [2.24, 2.45) is 0 Å². The molecule has 188 valence electrons. The third kappa shape index (κ3) is 5.05. The number of anilines is 2. The van der Waals surface area contributed by atoms with Crippen LogP contribution in [0.4, 0.5) is 11.4 Å². The Morgan fingerprint density at radius 3 is 2.35 bits per heavy atom. The van der Waals surface area contributed by atoms with Crippen molar-refractivity contribution in [3.8, 4) is 17.0 Å². The summed E-state index contributed by atoms with van der Waals surface area (Å²) in [7, 11) is 0. The van der Waals surface area contributed by atoms with E-state index in [1.807, 2.05) is 31.2 Å². The SMILES string of the molecule is CCN(CC)c1ccc(-n2nc3cc(C)c(NC(=O)c4ccc(-c5cc(Cl)ccc5Cl)o4)cc3n2)cc1. The number of carbonyl (C=O) groups excluding carboxylic acids is 1. The Bertz CT molecular complexity index is 1590. The van der Waals surface area contributed by atoms with Crippen LogP contribution in [0.25, 0.3) is 28.0 Å². The molecule has 5 aromatic rings. The van der Waals surface area contributed by atoms with Gasteiger partial charge in [0.05, 0.1) is 10.7 Å². The van der Waals surface area contributed by atoms with Crippen LogP contribution in [0.1, 0.15) is 30.0 Å². The molecule has 0 aliphatic carbocycles. The number of rotatable bonds is 7. The average molecular weight is 534 g/mol. The second-order valence-electron chi connectivity index (χ2n) is 8.58. The van der Waals surface area contributed by atoms with Crippen molar-refractivity contribution < 1.29 is 9.21 Å². The highest BCUT2D eigenvalue weighted by Gasteiger charge is 2.17. The van der Waals surface area contributed by atoms with Crippen LogP contribution in [-0.4, -0.2) is 34.0 Å². The Hall–Kier alpha value is -3.81. The van der Waals surface area contributed by atoms with Crippen molar-refractivity contribution in [3.05, 3.63) is 88.1 Å². The molecule has 0 saturated carbocycles. The summed E-state index contributed by atoms with van der Waals surface area (Å²) < 4.78 is 5.78. The fourth-order valence-corrected chi connectivity index (χ4v) is 4.56. The standard InChI is InChI=1S/C28H25Cl2N5O2/c1-4-34(5-2)19-7-9-20(10-8-19)35-32-24-14-17(3)23(16-25(24)33-35)31-28(36)27-13-12-26(37-27)21-15-18(29)6-11-22(21)30/h6-16H,4-5H2,1-3H3,(H,31,36). The Balaban J connectivity index is 1.37. The number of furan rings is 1. The maximum Gasteiger partial charge on any atom is 0.291 e. The summed E-state index contributed by atoms with van der Waals surface area (Å²) in [5, 5.41) is 13.2. The predicted octanol–water partition coefficient (Wildman–Crippen LogP) is 7.39. The molecule has 9 heteroatoms. The minimum Gasteiger partial charge on any atom is -0.451 e. The molecule has 1 N–H and O–H groups in total. The van der Waals surface area contributed by atoms with Gasteiger partial charge in [0, 0.05) is 35.1 Å². The van der Waals surface area contributed by atoms with E-state index in [0.717, 1.165) is 35.5 Å². The summed E-state index contributed by atoms with van der Waals surface area (Å²) in [6.07, 6.45) is 0. The van der Waals surface area contributed by atoms with Gasteiger partial charge in [-0.3, -0.25) is 4.79 Å². The normalized spacial score (nSPS) is 11.2. The van der Waals surface area contributed by atoms with Crippen LogP contribution < -0.4 is 10.2 Å². The monoisotopic (exact) mass is 533 g/mol. The molecule has 0 spiro atoms. The highest BCUT2D eigenvalue weighted by Crippen LogP contribution is 2.32. The van der Waals surface area contributed by atoms with E-state index in [4.69, 9.17) is 27.6 Å². The van der Waals surface area contributed by atoms with Gasteiger partial charge < -0.3 is 14.6 Å². The molecule has 3 aromatic carbocycles. The van der Waals surface area contributed by atoms with E-state index in [-0.39, 0.29) is 11.7 Å². The Kier molecular flexibility index (Phi) is 6.91. The molecule has 0 aliphatic heterocycles. The maximum absolute atomic E-state index is 13.0. The molecule has 2 aromatic heterocycles. The first-order valence-corrected chi connectivity index (χ1v) is 12.7. The lowest BCUT2D eigenvalue weighted by molar-refractivity contribution is 0.0997. The second-order valence-corrected chi connectivity index (χ2v) is 9.42. The molecule has 1 amide bonds. The van der Waals surface area contributed by atoms with E-state index in [9.17, 15) is 4.79 Å². The lowest BCUT2D eigenvalue weighted by Gasteiger charge is -2.20. The van der Waals surface area contributed by atoms with Crippen LogP contribution in [0, 0.1) is 6.92 Å². The summed E-state index contributed by atoms with van der Waals surface area (Å²) >= 11 is 12.4. The minimum atomic E-state index is -0.383. The van der Waals surface area contributed by atoms with E-state index in [0.29, 0.717) is 32.6 Å². The van der Waals surface area contributed by atoms with E-state index in [1.165, 1.54) is 0 Å². The van der Waals surface area contributed by atoms with Gasteiger partial charge in [0.1, 0.15) is 16.8 Å². The first-order chi connectivity index (χ1) is 17.9. The van der Waals surface area contributed by atoms with Gasteiger partial charge in [-0.1, -0.05) is 23.2 Å². The van der Waals surface area contributed by atoms with E-state index >= 15 is 0 Å². The zero-order chi connectivity index (χ0) is 26.1. The van der Waals surface area contributed by atoms with Gasteiger partial charge in [-0.2, -0.15) is 4.80 Å². The Labute approximate surface area is 224 Å². The zero-order valence-electron chi connectivity index (χ0n) is 20.6. The number of aromatic nitrogens is 3. The Morgan fingerprint density at radius 1 is 0.946 bits per heavy atom. The number of nitrogens with one attached hydrogen (secondary N) is 1. The van der Waals surface area contributed by atoms with Gasteiger partial charge in [0.2, 0.25) is 0 Å². The van der Waals surface area contributed by atoms with Crippen LogP contribution in [0.15, 0.2) is 71.1 Å². The van der Waals surface area contributed by atoms with Gasteiger partial charge in [-0.05, 0) is 93.1 Å². The van der Waals surface area contributed by atoms with Crippen molar-refractivity contribution in [2.75, 3.05) is 23.3 Å². The molecule has 0 radical (unpaired) electrons. The number of fused-ring (bicyclic) bond motifs is 1. The summed E-state index contributed by atoms with van der Waals surface area (Å²) in [6, 6.07) is 20.2. The lowest BCUT2D eigenvalue weighted by atomic mass is 10.1. The smallest absolute Gasteiger partial charge is 0.291 e. The van der Waals surface area contributed by atoms with Gasteiger partial charge in [-0.15, -0.1) is 10.2 Å². The number of carbonyl (C=O) groups is 1. The van der Waals surface area contributed by atoms with Crippen molar-refractivity contribution in [1.82, 2.24) is 15.0 Å². The summed E-state index contributed by atoms with van der Waals surface area (Å²) in [4.78, 5) is 16.8. The number of halogens is 2. The number of hydrogen-bond acceptors (Lipinski definition) is 5. The molecule has 0 bridgehead atoms. The average Bonchev–Trinajstić information content (AvgIpc) is 3.54. The van der Waals surface area contributed by atoms with Gasteiger partial charge >= 0.3 is 0 Å². The van der Waals surface area contributed by atoms with Crippen molar-refractivity contribution in [1.29, 1.82) is 0 Å². The van der Waals surface area contributed by atoms with Crippen molar-refractivity contribution >= 4 is 51.5 Å². The quantitative estimate of drug-likeness (QED) is 0.236. The van der Waals surface area contributed by atoms with Gasteiger partial charge in [0.25, 0.3) is 5.91 Å². The first-order valence-electron chi connectivity index (χ1n) is 12.0. The second kappa shape index (κ2) is 10.3. The molecule has 0 unspecified atom stereocenters.